The highest BCUT2D eigenvalue weighted by molar-refractivity contribution is 7.89. The molecule has 1 unspecified atom stereocenters. The van der Waals surface area contributed by atoms with Crippen LogP contribution in [0.25, 0.3) is 11.1 Å². The SMILES string of the molecule is O=C(Nc1ccc(F)cc1)C1CCCN(S(=O)(=O)c2ccc3[nH]c(=O)oc3c2)C1. The Bertz CT molecular complexity index is 1220. The maximum Gasteiger partial charge on any atom is 0.417 e. The van der Waals surface area contributed by atoms with Gasteiger partial charge >= 0.3 is 5.76 Å². The van der Waals surface area contributed by atoms with E-state index in [4.69, 9.17) is 4.42 Å². The molecule has 10 heteroatoms. The van der Waals surface area contributed by atoms with Crippen molar-refractivity contribution < 1.29 is 22.0 Å². The maximum atomic E-state index is 13.0. The van der Waals surface area contributed by atoms with Crippen molar-refractivity contribution in [1.82, 2.24) is 9.29 Å². The molecule has 1 amide bonds. The van der Waals surface area contributed by atoms with E-state index in [9.17, 15) is 22.4 Å². The van der Waals surface area contributed by atoms with E-state index in [1.54, 1.807) is 0 Å². The van der Waals surface area contributed by atoms with Crippen LogP contribution in [0.5, 0.6) is 0 Å². The van der Waals surface area contributed by atoms with E-state index in [0.717, 1.165) is 0 Å². The van der Waals surface area contributed by atoms with Crippen LogP contribution in [-0.4, -0.2) is 36.7 Å². The van der Waals surface area contributed by atoms with Crippen LogP contribution in [0.4, 0.5) is 10.1 Å². The second kappa shape index (κ2) is 7.45. The molecule has 1 aromatic heterocycles. The third kappa shape index (κ3) is 3.94. The fourth-order valence-corrected chi connectivity index (χ4v) is 4.93. The van der Waals surface area contributed by atoms with E-state index in [0.29, 0.717) is 24.0 Å². The van der Waals surface area contributed by atoms with Crippen LogP contribution >= 0.6 is 0 Å². The number of oxazole rings is 1. The number of hydrogen-bond donors (Lipinski definition) is 2. The Morgan fingerprint density at radius 3 is 2.72 bits per heavy atom. The summed E-state index contributed by atoms with van der Waals surface area (Å²) < 4.78 is 45.3. The van der Waals surface area contributed by atoms with Crippen molar-refractivity contribution >= 4 is 32.7 Å². The summed E-state index contributed by atoms with van der Waals surface area (Å²) in [5.41, 5.74) is 1.01. The van der Waals surface area contributed by atoms with Gasteiger partial charge in [0, 0.05) is 24.8 Å². The summed E-state index contributed by atoms with van der Waals surface area (Å²) in [4.78, 5) is 26.3. The number of sulfonamides is 1. The molecule has 1 saturated heterocycles. The molecule has 0 aliphatic carbocycles. The van der Waals surface area contributed by atoms with Crippen molar-refractivity contribution in [1.29, 1.82) is 0 Å². The molecule has 0 radical (unpaired) electrons. The van der Waals surface area contributed by atoms with Crippen molar-refractivity contribution in [3.05, 3.63) is 58.8 Å². The Morgan fingerprint density at radius 2 is 1.97 bits per heavy atom. The molecule has 0 bridgehead atoms. The van der Waals surface area contributed by atoms with Gasteiger partial charge in [0.1, 0.15) is 5.82 Å². The number of aromatic amines is 1. The smallest absolute Gasteiger partial charge is 0.408 e. The quantitative estimate of drug-likeness (QED) is 0.674. The van der Waals surface area contributed by atoms with E-state index in [2.05, 4.69) is 10.3 Å². The van der Waals surface area contributed by atoms with Crippen LogP contribution < -0.4 is 11.1 Å². The Kier molecular flexibility index (Phi) is 4.97. The lowest BCUT2D eigenvalue weighted by Crippen LogP contribution is -2.43. The number of piperidine rings is 1. The lowest BCUT2D eigenvalue weighted by atomic mass is 9.99. The molecule has 4 rings (SSSR count). The lowest BCUT2D eigenvalue weighted by Gasteiger charge is -2.31. The van der Waals surface area contributed by atoms with Crippen molar-refractivity contribution in [3.8, 4) is 0 Å². The maximum absolute atomic E-state index is 13.0. The van der Waals surface area contributed by atoms with Gasteiger partial charge in [-0.2, -0.15) is 4.31 Å². The molecule has 1 atom stereocenters. The van der Waals surface area contributed by atoms with Crippen molar-refractivity contribution in [2.75, 3.05) is 18.4 Å². The van der Waals surface area contributed by atoms with E-state index in [1.807, 2.05) is 0 Å². The molecule has 3 aromatic rings. The van der Waals surface area contributed by atoms with Gasteiger partial charge in [0.15, 0.2) is 5.58 Å². The van der Waals surface area contributed by atoms with Crippen LogP contribution in [0.2, 0.25) is 0 Å². The average molecular weight is 419 g/mol. The standard InChI is InChI=1S/C19H18FN3O5S/c20-13-3-5-14(6-4-13)21-18(24)12-2-1-9-23(11-12)29(26,27)15-7-8-16-17(10-15)28-19(25)22-16/h3-8,10,12H,1-2,9,11H2,(H,21,24)(H,22,25). The number of fused-ring (bicyclic) bond motifs is 1. The van der Waals surface area contributed by atoms with Gasteiger partial charge in [0.25, 0.3) is 0 Å². The molecular weight excluding hydrogens is 401 g/mol. The molecule has 2 aromatic carbocycles. The summed E-state index contributed by atoms with van der Waals surface area (Å²) >= 11 is 0. The zero-order valence-corrected chi connectivity index (χ0v) is 16.0. The van der Waals surface area contributed by atoms with Gasteiger partial charge in [0.2, 0.25) is 15.9 Å². The summed E-state index contributed by atoms with van der Waals surface area (Å²) in [6.07, 6.45) is 1.08. The molecule has 29 heavy (non-hydrogen) atoms. The molecular formula is C19H18FN3O5S. The summed E-state index contributed by atoms with van der Waals surface area (Å²) in [6, 6.07) is 9.53. The lowest BCUT2D eigenvalue weighted by molar-refractivity contribution is -0.120. The first-order valence-corrected chi connectivity index (χ1v) is 10.5. The van der Waals surface area contributed by atoms with Gasteiger partial charge in [0.05, 0.1) is 16.3 Å². The molecule has 8 nitrogen and oxygen atoms in total. The monoisotopic (exact) mass is 419 g/mol. The fourth-order valence-electron chi connectivity index (χ4n) is 3.39. The molecule has 0 saturated carbocycles. The summed E-state index contributed by atoms with van der Waals surface area (Å²) in [5, 5.41) is 2.70. The Labute approximate surface area is 165 Å². The van der Waals surface area contributed by atoms with Crippen molar-refractivity contribution in [2.45, 2.75) is 17.7 Å². The first-order valence-electron chi connectivity index (χ1n) is 9.02. The molecule has 0 spiro atoms. The number of aromatic nitrogens is 1. The second-order valence-electron chi connectivity index (χ2n) is 6.87. The minimum absolute atomic E-state index is 0.00709. The largest absolute Gasteiger partial charge is 0.417 e. The highest BCUT2D eigenvalue weighted by Crippen LogP contribution is 2.26. The number of carbonyl (C=O) groups excluding carboxylic acids is 1. The highest BCUT2D eigenvalue weighted by atomic mass is 32.2. The Hall–Kier alpha value is -2.98. The number of anilines is 1. The molecule has 1 aliphatic rings. The number of carbonyl (C=O) groups is 1. The van der Waals surface area contributed by atoms with Gasteiger partial charge < -0.3 is 9.73 Å². The number of halogens is 1. The molecule has 2 N–H and O–H groups in total. The number of benzene rings is 2. The van der Waals surface area contributed by atoms with E-state index in [-0.39, 0.29) is 29.5 Å². The zero-order valence-electron chi connectivity index (χ0n) is 15.2. The van der Waals surface area contributed by atoms with Crippen LogP contribution in [0.3, 0.4) is 0 Å². The minimum Gasteiger partial charge on any atom is -0.408 e. The number of nitrogens with one attached hydrogen (secondary N) is 2. The van der Waals surface area contributed by atoms with Gasteiger partial charge in [-0.15, -0.1) is 0 Å². The van der Waals surface area contributed by atoms with Crippen LogP contribution in [0.15, 0.2) is 56.6 Å². The molecule has 152 valence electrons. The third-order valence-electron chi connectivity index (χ3n) is 4.90. The van der Waals surface area contributed by atoms with Crippen LogP contribution in [-0.2, 0) is 14.8 Å². The van der Waals surface area contributed by atoms with E-state index in [1.165, 1.54) is 46.8 Å². The zero-order chi connectivity index (χ0) is 20.6. The molecule has 1 aliphatic heterocycles. The van der Waals surface area contributed by atoms with Crippen molar-refractivity contribution in [2.24, 2.45) is 5.92 Å². The van der Waals surface area contributed by atoms with E-state index < -0.39 is 27.5 Å². The van der Waals surface area contributed by atoms with Gasteiger partial charge in [-0.1, -0.05) is 0 Å². The summed E-state index contributed by atoms with van der Waals surface area (Å²) in [5.74, 6) is -1.92. The average Bonchev–Trinajstić information content (AvgIpc) is 3.09. The van der Waals surface area contributed by atoms with E-state index >= 15 is 0 Å². The Balaban J connectivity index is 1.52. The predicted octanol–water partition coefficient (Wildman–Crippen LogP) is 2.30. The minimum atomic E-state index is -3.86. The van der Waals surface area contributed by atoms with Gasteiger partial charge in [-0.3, -0.25) is 9.78 Å². The first kappa shape index (κ1) is 19.3. The number of H-pyrrole nitrogens is 1. The molecule has 2 heterocycles. The van der Waals surface area contributed by atoms with Crippen molar-refractivity contribution in [3.63, 3.8) is 0 Å². The number of hydrogen-bond acceptors (Lipinski definition) is 5. The number of rotatable bonds is 4. The first-order chi connectivity index (χ1) is 13.8. The highest BCUT2D eigenvalue weighted by Gasteiger charge is 2.33. The normalized spacial score (nSPS) is 18.0. The fraction of sp³-hybridized carbons (Fsp3) is 0.263. The second-order valence-corrected chi connectivity index (χ2v) is 8.81. The number of amides is 1. The molecule has 1 fully saturated rings. The van der Waals surface area contributed by atoms with Gasteiger partial charge in [-0.25, -0.2) is 17.6 Å². The van der Waals surface area contributed by atoms with Crippen LogP contribution in [0, 0.1) is 11.7 Å². The topological polar surface area (TPSA) is 112 Å². The third-order valence-corrected chi connectivity index (χ3v) is 6.76. The van der Waals surface area contributed by atoms with Crippen LogP contribution in [0.1, 0.15) is 12.8 Å². The Morgan fingerprint density at radius 1 is 1.21 bits per heavy atom. The van der Waals surface area contributed by atoms with Gasteiger partial charge in [-0.05, 0) is 49.2 Å². The number of nitrogens with zero attached hydrogens (tertiary/aromatic N) is 1. The predicted molar refractivity (Wildman–Crippen MR) is 103 cm³/mol. The summed E-state index contributed by atoms with van der Waals surface area (Å²) in [7, 11) is -3.86. The summed E-state index contributed by atoms with van der Waals surface area (Å²) in [6.45, 7) is 0.322.